The number of thiophene rings is 1. The minimum atomic E-state index is -0.977. The Hall–Kier alpha value is -2.18. The summed E-state index contributed by atoms with van der Waals surface area (Å²) >= 11 is 1.12. The maximum absolute atomic E-state index is 11.8. The van der Waals surface area contributed by atoms with Gasteiger partial charge in [0.25, 0.3) is 0 Å². The Balaban J connectivity index is 1.85. The zero-order valence-electron chi connectivity index (χ0n) is 12.1. The molecule has 0 aliphatic rings. The molecule has 1 aromatic carbocycles. The van der Waals surface area contributed by atoms with E-state index in [9.17, 15) is 14.7 Å². The van der Waals surface area contributed by atoms with Crippen molar-refractivity contribution in [3.8, 4) is 0 Å². The van der Waals surface area contributed by atoms with E-state index < -0.39 is 12.1 Å². The second kappa shape index (κ2) is 7.20. The fraction of sp³-hybridized carbons (Fsp3) is 0.250. The quantitative estimate of drug-likeness (QED) is 0.763. The van der Waals surface area contributed by atoms with Crippen LogP contribution in [0.1, 0.15) is 39.4 Å². The van der Waals surface area contributed by atoms with Crippen molar-refractivity contribution in [3.63, 3.8) is 0 Å². The summed E-state index contributed by atoms with van der Waals surface area (Å²) < 4.78 is 0. The first kappa shape index (κ1) is 16.2. The molecule has 6 heteroatoms. The van der Waals surface area contributed by atoms with Crippen molar-refractivity contribution < 1.29 is 19.8 Å². The maximum Gasteiger partial charge on any atom is 0.345 e. The third-order valence-corrected chi connectivity index (χ3v) is 4.15. The summed E-state index contributed by atoms with van der Waals surface area (Å²) in [6, 6.07) is 8.88. The van der Waals surface area contributed by atoms with Gasteiger partial charge in [0.15, 0.2) is 0 Å². The van der Waals surface area contributed by atoms with Gasteiger partial charge in [-0.1, -0.05) is 24.3 Å². The van der Waals surface area contributed by atoms with E-state index in [1.807, 2.05) is 24.3 Å². The van der Waals surface area contributed by atoms with Crippen molar-refractivity contribution in [2.45, 2.75) is 26.0 Å². The van der Waals surface area contributed by atoms with Crippen LogP contribution >= 0.6 is 11.3 Å². The van der Waals surface area contributed by atoms with Crippen molar-refractivity contribution in [3.05, 3.63) is 57.3 Å². The number of carbonyl (C=O) groups excluding carboxylic acids is 1. The van der Waals surface area contributed by atoms with Crippen molar-refractivity contribution in [2.75, 3.05) is 0 Å². The van der Waals surface area contributed by atoms with Crippen molar-refractivity contribution >= 4 is 23.2 Å². The monoisotopic (exact) mass is 319 g/mol. The molecule has 0 fully saturated rings. The predicted molar refractivity (Wildman–Crippen MR) is 83.9 cm³/mol. The van der Waals surface area contributed by atoms with Crippen LogP contribution in [0.4, 0.5) is 0 Å². The van der Waals surface area contributed by atoms with E-state index in [0.29, 0.717) is 12.1 Å². The first-order valence-corrected chi connectivity index (χ1v) is 7.68. The summed E-state index contributed by atoms with van der Waals surface area (Å²) in [4.78, 5) is 22.9. The van der Waals surface area contributed by atoms with Crippen LogP contribution in [0.15, 0.2) is 35.7 Å². The van der Waals surface area contributed by atoms with E-state index >= 15 is 0 Å². The Bertz CT molecular complexity index is 661. The Morgan fingerprint density at radius 3 is 2.45 bits per heavy atom. The normalized spacial score (nSPS) is 11.9. The molecule has 1 unspecified atom stereocenters. The van der Waals surface area contributed by atoms with Gasteiger partial charge in [-0.25, -0.2) is 4.79 Å². The highest BCUT2D eigenvalue weighted by atomic mass is 32.1. The lowest BCUT2D eigenvalue weighted by molar-refractivity contribution is -0.120. The molecule has 0 bridgehead atoms. The van der Waals surface area contributed by atoms with Crippen LogP contribution in [-0.4, -0.2) is 22.1 Å². The highest BCUT2D eigenvalue weighted by Crippen LogP contribution is 2.15. The average molecular weight is 319 g/mol. The minimum absolute atomic E-state index is 0.158. The van der Waals surface area contributed by atoms with Crippen molar-refractivity contribution in [1.29, 1.82) is 0 Å². The first-order chi connectivity index (χ1) is 10.5. The molecule has 1 aromatic heterocycles. The van der Waals surface area contributed by atoms with Gasteiger partial charge in [-0.05, 0) is 35.1 Å². The van der Waals surface area contributed by atoms with Gasteiger partial charge >= 0.3 is 5.97 Å². The van der Waals surface area contributed by atoms with Gasteiger partial charge in [0.05, 0.1) is 12.5 Å². The number of carboxylic acid groups (broad SMARTS) is 1. The largest absolute Gasteiger partial charge is 0.477 e. The van der Waals surface area contributed by atoms with Crippen LogP contribution in [0.5, 0.6) is 0 Å². The SMILES string of the molecule is CC(O)c1ccc(CNC(=O)Cc2csc(C(=O)O)c2)cc1. The average Bonchev–Trinajstić information content (AvgIpc) is 2.94. The van der Waals surface area contributed by atoms with Gasteiger partial charge in [0.1, 0.15) is 4.88 Å². The van der Waals surface area contributed by atoms with Crippen LogP contribution in [0.2, 0.25) is 0 Å². The predicted octanol–water partition coefficient (Wildman–Crippen LogP) is 2.36. The summed E-state index contributed by atoms with van der Waals surface area (Å²) in [5, 5.41) is 22.7. The second-order valence-corrected chi connectivity index (χ2v) is 5.91. The molecular weight excluding hydrogens is 302 g/mol. The molecular formula is C16H17NO4S. The number of aliphatic hydroxyl groups excluding tert-OH is 1. The number of aliphatic hydroxyl groups is 1. The molecule has 0 radical (unpaired) electrons. The van der Waals surface area contributed by atoms with Crippen LogP contribution < -0.4 is 5.32 Å². The Morgan fingerprint density at radius 2 is 1.91 bits per heavy atom. The molecule has 1 heterocycles. The summed E-state index contributed by atoms with van der Waals surface area (Å²) in [5.41, 5.74) is 2.47. The molecule has 2 rings (SSSR count). The van der Waals surface area contributed by atoms with E-state index in [-0.39, 0.29) is 17.2 Å². The molecule has 1 atom stereocenters. The smallest absolute Gasteiger partial charge is 0.345 e. The van der Waals surface area contributed by atoms with E-state index in [4.69, 9.17) is 5.11 Å². The lowest BCUT2D eigenvalue weighted by atomic mass is 10.1. The lowest BCUT2D eigenvalue weighted by Crippen LogP contribution is -2.24. The van der Waals surface area contributed by atoms with E-state index in [2.05, 4.69) is 5.32 Å². The number of carboxylic acids is 1. The number of aromatic carboxylic acids is 1. The van der Waals surface area contributed by atoms with Crippen LogP contribution in [0, 0.1) is 0 Å². The summed E-state index contributed by atoms with van der Waals surface area (Å²) in [7, 11) is 0. The third kappa shape index (κ3) is 4.41. The minimum Gasteiger partial charge on any atom is -0.477 e. The summed E-state index contributed by atoms with van der Waals surface area (Å²) in [6.45, 7) is 2.10. The summed E-state index contributed by atoms with van der Waals surface area (Å²) in [5.74, 6) is -1.13. The topological polar surface area (TPSA) is 86.6 Å². The number of carbonyl (C=O) groups is 2. The van der Waals surface area contributed by atoms with E-state index in [0.717, 1.165) is 22.5 Å². The van der Waals surface area contributed by atoms with Gasteiger partial charge in [0.2, 0.25) is 5.91 Å². The molecule has 0 aliphatic heterocycles. The Labute approximate surface area is 132 Å². The standard InChI is InChI=1S/C16H17NO4S/c1-10(18)13-4-2-11(3-5-13)8-17-15(19)7-12-6-14(16(20)21)22-9-12/h2-6,9-10,18H,7-8H2,1H3,(H,17,19)(H,20,21). The zero-order chi connectivity index (χ0) is 16.1. The first-order valence-electron chi connectivity index (χ1n) is 6.80. The van der Waals surface area contributed by atoms with E-state index in [1.54, 1.807) is 12.3 Å². The number of rotatable bonds is 6. The van der Waals surface area contributed by atoms with Crippen molar-refractivity contribution in [1.82, 2.24) is 5.32 Å². The van der Waals surface area contributed by atoms with Gasteiger partial charge in [-0.2, -0.15) is 0 Å². The number of hydrogen-bond donors (Lipinski definition) is 3. The van der Waals surface area contributed by atoms with Gasteiger partial charge in [0, 0.05) is 6.54 Å². The van der Waals surface area contributed by atoms with Gasteiger partial charge < -0.3 is 15.5 Å². The molecule has 0 saturated heterocycles. The molecule has 0 saturated carbocycles. The molecule has 2 aromatic rings. The molecule has 3 N–H and O–H groups in total. The molecule has 5 nitrogen and oxygen atoms in total. The fourth-order valence-electron chi connectivity index (χ4n) is 1.94. The van der Waals surface area contributed by atoms with Crippen LogP contribution in [0.3, 0.4) is 0 Å². The Morgan fingerprint density at radius 1 is 1.23 bits per heavy atom. The number of hydrogen-bond acceptors (Lipinski definition) is 4. The molecule has 22 heavy (non-hydrogen) atoms. The Kier molecular flexibility index (Phi) is 5.30. The molecule has 1 amide bonds. The van der Waals surface area contributed by atoms with Crippen molar-refractivity contribution in [2.24, 2.45) is 0 Å². The summed E-state index contributed by atoms with van der Waals surface area (Å²) in [6.07, 6.45) is -0.346. The lowest BCUT2D eigenvalue weighted by Gasteiger charge is -2.07. The van der Waals surface area contributed by atoms with Gasteiger partial charge in [-0.3, -0.25) is 4.79 Å². The highest BCUT2D eigenvalue weighted by molar-refractivity contribution is 7.12. The maximum atomic E-state index is 11.8. The van der Waals surface area contributed by atoms with E-state index in [1.165, 1.54) is 6.07 Å². The highest BCUT2D eigenvalue weighted by Gasteiger charge is 2.10. The third-order valence-electron chi connectivity index (χ3n) is 3.18. The second-order valence-electron chi connectivity index (χ2n) is 5.00. The number of nitrogens with one attached hydrogen (secondary N) is 1. The number of benzene rings is 1. The molecule has 116 valence electrons. The molecule has 0 aliphatic carbocycles. The number of amides is 1. The fourth-order valence-corrected chi connectivity index (χ4v) is 2.69. The van der Waals surface area contributed by atoms with Crippen LogP contribution in [0.25, 0.3) is 0 Å². The van der Waals surface area contributed by atoms with Crippen LogP contribution in [-0.2, 0) is 17.8 Å². The van der Waals surface area contributed by atoms with Gasteiger partial charge in [-0.15, -0.1) is 11.3 Å². The molecule has 0 spiro atoms. The zero-order valence-corrected chi connectivity index (χ0v) is 12.9.